The lowest BCUT2D eigenvalue weighted by Crippen LogP contribution is -2.04. The van der Waals surface area contributed by atoms with Gasteiger partial charge in [0, 0.05) is 58.8 Å². The van der Waals surface area contributed by atoms with Crippen molar-refractivity contribution in [2.75, 3.05) is 0 Å². The number of hydrogen-bond donors (Lipinski definition) is 0. The molecule has 0 aliphatic heterocycles. The van der Waals surface area contributed by atoms with E-state index in [1.54, 1.807) is 11.3 Å². The number of hydrogen-bond acceptors (Lipinski definition) is 4. The molecular weight excluding hydrogens is 797 g/mol. The van der Waals surface area contributed by atoms with Crippen molar-refractivity contribution in [3.8, 4) is 62.1 Å². The largest absolute Gasteiger partial charge is 0.308 e. The molecule has 0 atom stereocenters. The van der Waals surface area contributed by atoms with E-state index in [-0.39, 0.29) is 0 Å². The molecular formula is C59H36N4S. The van der Waals surface area contributed by atoms with E-state index in [0.717, 1.165) is 61.1 Å². The molecule has 0 aliphatic carbocycles. The zero-order valence-electron chi connectivity index (χ0n) is 34.5. The van der Waals surface area contributed by atoms with Crippen molar-refractivity contribution in [1.29, 1.82) is 0 Å². The van der Waals surface area contributed by atoms with Crippen LogP contribution in [-0.2, 0) is 0 Å². The van der Waals surface area contributed by atoms with Crippen LogP contribution in [0.25, 0.3) is 126 Å². The second-order valence-electron chi connectivity index (χ2n) is 16.4. The summed E-state index contributed by atoms with van der Waals surface area (Å²) in [5.41, 5.74) is 10.6. The molecule has 0 aliphatic rings. The van der Waals surface area contributed by atoms with Crippen LogP contribution in [-0.4, -0.2) is 19.5 Å². The summed E-state index contributed by atoms with van der Waals surface area (Å²) in [6.07, 6.45) is 0. The predicted octanol–water partition coefficient (Wildman–Crippen LogP) is 16.0. The zero-order chi connectivity index (χ0) is 42.1. The first kappa shape index (κ1) is 36.4. The Hall–Kier alpha value is -8.25. The lowest BCUT2D eigenvalue weighted by molar-refractivity contribution is 1.08. The summed E-state index contributed by atoms with van der Waals surface area (Å²) >= 11 is 1.80. The average molecular weight is 833 g/mol. The summed E-state index contributed by atoms with van der Waals surface area (Å²) in [6, 6.07) is 78.3. The fourth-order valence-corrected chi connectivity index (χ4v) is 10.8. The van der Waals surface area contributed by atoms with Crippen molar-refractivity contribution in [2.24, 2.45) is 0 Å². The Balaban J connectivity index is 1.16. The molecule has 298 valence electrons. The Morgan fingerprint density at radius 2 is 0.891 bits per heavy atom. The molecule has 0 fully saturated rings. The Kier molecular flexibility index (Phi) is 8.36. The monoisotopic (exact) mass is 832 g/mol. The standard InChI is InChI=1S/C59H36N4S/c1-3-17-38(18-4-1)48-34-44(58-60-57(39-19-5-2-6-20-39)61-59(62-58)47-26-15-29-54-55(47)46-25-12-14-28-53(46)64-54)35-49(43-31-30-37-16-7-8-21-40(37)32-43)56(48)63-51-27-13-11-24-45(51)50-33-41-22-9-10-23-42(41)36-52(50)63/h1-36H. The van der Waals surface area contributed by atoms with Crippen molar-refractivity contribution in [3.05, 3.63) is 218 Å². The second-order valence-corrected chi connectivity index (χ2v) is 17.4. The lowest BCUT2D eigenvalue weighted by atomic mass is 9.91. The second kappa shape index (κ2) is 14.7. The van der Waals surface area contributed by atoms with Crippen LogP contribution in [0, 0.1) is 0 Å². The Bertz CT molecular complexity index is 3960. The summed E-state index contributed by atoms with van der Waals surface area (Å²) in [6.45, 7) is 0. The zero-order valence-corrected chi connectivity index (χ0v) is 35.3. The average Bonchev–Trinajstić information content (AvgIpc) is 3.91. The van der Waals surface area contributed by atoms with Crippen molar-refractivity contribution in [1.82, 2.24) is 19.5 Å². The smallest absolute Gasteiger partial charge is 0.164 e. The first-order chi connectivity index (χ1) is 31.7. The highest BCUT2D eigenvalue weighted by atomic mass is 32.1. The molecule has 64 heavy (non-hydrogen) atoms. The van der Waals surface area contributed by atoms with E-state index in [1.807, 2.05) is 18.2 Å². The number of rotatable bonds is 6. The number of thiophene rings is 1. The molecule has 0 amide bonds. The SMILES string of the molecule is c1ccc(-c2nc(-c3cc(-c4ccccc4)c(-n4c5ccccc5c5cc6ccccc6cc54)c(-c4ccc5ccccc5c4)c3)nc(-c3cccc4sc5ccccc5c34)n2)cc1. The minimum Gasteiger partial charge on any atom is -0.308 e. The van der Waals surface area contributed by atoms with Crippen LogP contribution in [0.3, 0.4) is 0 Å². The molecule has 0 saturated carbocycles. The summed E-state index contributed by atoms with van der Waals surface area (Å²) in [5.74, 6) is 1.88. The van der Waals surface area contributed by atoms with E-state index in [2.05, 4.69) is 205 Å². The molecule has 4 nitrogen and oxygen atoms in total. The van der Waals surface area contributed by atoms with Gasteiger partial charge in [-0.2, -0.15) is 0 Å². The number of benzene rings is 10. The van der Waals surface area contributed by atoms with Gasteiger partial charge in [-0.15, -0.1) is 11.3 Å². The van der Waals surface area contributed by atoms with E-state index >= 15 is 0 Å². The maximum atomic E-state index is 5.46. The van der Waals surface area contributed by atoms with E-state index in [4.69, 9.17) is 15.0 Å². The molecule has 13 aromatic rings. The number of fused-ring (bicyclic) bond motifs is 8. The van der Waals surface area contributed by atoms with Crippen LogP contribution in [0.4, 0.5) is 0 Å². The van der Waals surface area contributed by atoms with Crippen molar-refractivity contribution in [2.45, 2.75) is 0 Å². The molecule has 0 N–H and O–H groups in total. The van der Waals surface area contributed by atoms with Gasteiger partial charge >= 0.3 is 0 Å². The quantitative estimate of drug-likeness (QED) is 0.168. The fraction of sp³-hybridized carbons (Fsp3) is 0. The summed E-state index contributed by atoms with van der Waals surface area (Å²) in [5, 5.41) is 9.58. The van der Waals surface area contributed by atoms with E-state index in [1.165, 1.54) is 47.1 Å². The van der Waals surface area contributed by atoms with Gasteiger partial charge in [-0.1, -0.05) is 170 Å². The molecule has 0 bridgehead atoms. The Morgan fingerprint density at radius 3 is 1.67 bits per heavy atom. The summed E-state index contributed by atoms with van der Waals surface area (Å²) < 4.78 is 4.93. The third-order valence-electron chi connectivity index (χ3n) is 12.6. The highest BCUT2D eigenvalue weighted by molar-refractivity contribution is 7.25. The van der Waals surface area contributed by atoms with Crippen LogP contribution in [0.15, 0.2) is 218 Å². The predicted molar refractivity (Wildman–Crippen MR) is 269 cm³/mol. The molecule has 5 heteroatoms. The Labute approximate surface area is 373 Å². The maximum absolute atomic E-state index is 5.46. The lowest BCUT2D eigenvalue weighted by Gasteiger charge is -2.21. The normalized spacial score (nSPS) is 11.8. The van der Waals surface area contributed by atoms with Gasteiger partial charge in [-0.25, -0.2) is 15.0 Å². The van der Waals surface area contributed by atoms with Crippen LogP contribution in [0.2, 0.25) is 0 Å². The van der Waals surface area contributed by atoms with Gasteiger partial charge in [0.1, 0.15) is 0 Å². The van der Waals surface area contributed by atoms with Crippen molar-refractivity contribution < 1.29 is 0 Å². The number of para-hydroxylation sites is 1. The third-order valence-corrected chi connectivity index (χ3v) is 13.7. The highest BCUT2D eigenvalue weighted by Gasteiger charge is 2.24. The minimum absolute atomic E-state index is 0.611. The first-order valence-corrected chi connectivity index (χ1v) is 22.4. The van der Waals surface area contributed by atoms with Gasteiger partial charge in [0.25, 0.3) is 0 Å². The molecule has 0 spiro atoms. The van der Waals surface area contributed by atoms with Gasteiger partial charge < -0.3 is 4.57 Å². The molecule has 10 aromatic carbocycles. The number of aromatic nitrogens is 4. The molecule has 13 rings (SSSR count). The molecule has 3 aromatic heterocycles. The van der Waals surface area contributed by atoms with E-state index < -0.39 is 0 Å². The minimum atomic E-state index is 0.611. The van der Waals surface area contributed by atoms with Crippen LogP contribution in [0.1, 0.15) is 0 Å². The maximum Gasteiger partial charge on any atom is 0.164 e. The van der Waals surface area contributed by atoms with Crippen molar-refractivity contribution >= 4 is 74.9 Å². The molecule has 3 heterocycles. The van der Waals surface area contributed by atoms with Gasteiger partial charge in [0.05, 0.1) is 16.7 Å². The molecule has 0 unspecified atom stereocenters. The molecule has 0 radical (unpaired) electrons. The van der Waals surface area contributed by atoms with Gasteiger partial charge in [-0.05, 0) is 81.2 Å². The summed E-state index contributed by atoms with van der Waals surface area (Å²) in [4.78, 5) is 16.1. The number of nitrogens with zero attached hydrogens (tertiary/aromatic N) is 4. The van der Waals surface area contributed by atoms with Crippen LogP contribution in [0.5, 0.6) is 0 Å². The Morgan fingerprint density at radius 1 is 0.312 bits per heavy atom. The van der Waals surface area contributed by atoms with Gasteiger partial charge in [-0.3, -0.25) is 0 Å². The highest BCUT2D eigenvalue weighted by Crippen LogP contribution is 2.46. The van der Waals surface area contributed by atoms with Crippen molar-refractivity contribution in [3.63, 3.8) is 0 Å². The van der Waals surface area contributed by atoms with Crippen LogP contribution >= 0.6 is 11.3 Å². The fourth-order valence-electron chi connectivity index (χ4n) is 9.62. The topological polar surface area (TPSA) is 43.6 Å². The summed E-state index contributed by atoms with van der Waals surface area (Å²) in [7, 11) is 0. The molecule has 0 saturated heterocycles. The van der Waals surface area contributed by atoms with Gasteiger partial charge in [0.15, 0.2) is 17.5 Å². The van der Waals surface area contributed by atoms with E-state index in [9.17, 15) is 0 Å². The first-order valence-electron chi connectivity index (χ1n) is 21.6. The van der Waals surface area contributed by atoms with Crippen LogP contribution < -0.4 is 0 Å². The van der Waals surface area contributed by atoms with Gasteiger partial charge in [0.2, 0.25) is 0 Å². The van der Waals surface area contributed by atoms with E-state index in [0.29, 0.717) is 17.5 Å². The third kappa shape index (κ3) is 5.93.